The van der Waals surface area contributed by atoms with E-state index in [1.165, 1.54) is 0 Å². The maximum Gasteiger partial charge on any atom is 0.0161 e. The maximum absolute atomic E-state index is 4.18. The maximum atomic E-state index is 4.18. The summed E-state index contributed by atoms with van der Waals surface area (Å²) in [4.78, 5) is 0. The summed E-state index contributed by atoms with van der Waals surface area (Å²) in [5, 5.41) is 0. The first-order valence-corrected chi connectivity index (χ1v) is 2.97. The zero-order valence-electron chi connectivity index (χ0n) is 4.10. The van der Waals surface area contributed by atoms with Crippen LogP contribution in [0.5, 0.6) is 0 Å². The average Bonchev–Trinajstić information content (AvgIpc) is 1.35. The van der Waals surface area contributed by atoms with E-state index in [1.54, 1.807) is 0 Å². The summed E-state index contributed by atoms with van der Waals surface area (Å²) in [5.74, 6) is 0.829. The van der Waals surface area contributed by atoms with Crippen LogP contribution in [0.2, 0.25) is 0 Å². The Morgan fingerprint density at radius 3 is 1.67 bits per heavy atom. The van der Waals surface area contributed by atoms with Crippen LogP contribution >= 0.6 is 25.3 Å². The summed E-state index contributed by atoms with van der Waals surface area (Å²) in [6, 6.07) is 0. The molecule has 0 aliphatic heterocycles. The summed E-state index contributed by atoms with van der Waals surface area (Å²) >= 11 is 8.20. The number of hydrogen-bond donors (Lipinski definition) is 2. The Kier molecular flexibility index (Phi) is 2.37. The van der Waals surface area contributed by atoms with Crippen molar-refractivity contribution in [1.82, 2.24) is 0 Å². The quantitative estimate of drug-likeness (QED) is 0.485. The molecule has 0 aliphatic rings. The molecule has 0 nitrogen and oxygen atoms in total. The minimum atomic E-state index is 0.100. The van der Waals surface area contributed by atoms with Gasteiger partial charge in [-0.25, -0.2) is 0 Å². The molecule has 0 radical (unpaired) electrons. The molecule has 0 fully saturated rings. The van der Waals surface area contributed by atoms with Gasteiger partial charge in [-0.3, -0.25) is 0 Å². The zero-order valence-corrected chi connectivity index (χ0v) is 5.89. The molecule has 0 spiro atoms. The van der Waals surface area contributed by atoms with Gasteiger partial charge in [0.25, 0.3) is 0 Å². The average molecular weight is 122 g/mol. The highest BCUT2D eigenvalue weighted by Gasteiger charge is 2.05. The fourth-order valence-corrected chi connectivity index (χ4v) is 0. The van der Waals surface area contributed by atoms with Crippen molar-refractivity contribution >= 4 is 25.3 Å². The van der Waals surface area contributed by atoms with E-state index in [2.05, 4.69) is 25.3 Å². The van der Waals surface area contributed by atoms with Gasteiger partial charge in [0.05, 0.1) is 0 Å². The van der Waals surface area contributed by atoms with E-state index in [-0.39, 0.29) is 4.75 Å². The molecule has 0 bridgehead atoms. The standard InChI is InChI=1S/C4H10S2/c1-4(2,6)3-5/h5-6H,3H2,1-2H3. The summed E-state index contributed by atoms with van der Waals surface area (Å²) in [6.45, 7) is 4.06. The monoisotopic (exact) mass is 122 g/mol. The molecule has 0 saturated carbocycles. The van der Waals surface area contributed by atoms with Gasteiger partial charge < -0.3 is 0 Å². The van der Waals surface area contributed by atoms with E-state index >= 15 is 0 Å². The lowest BCUT2D eigenvalue weighted by Crippen LogP contribution is -2.11. The van der Waals surface area contributed by atoms with Crippen LogP contribution in [0.15, 0.2) is 0 Å². The Balaban J connectivity index is 3.17. The van der Waals surface area contributed by atoms with Crippen molar-refractivity contribution in [2.75, 3.05) is 5.75 Å². The highest BCUT2D eigenvalue weighted by atomic mass is 32.1. The van der Waals surface area contributed by atoms with Crippen molar-refractivity contribution in [3.05, 3.63) is 0 Å². The Bertz CT molecular complexity index is 35.3. The molecule has 0 rings (SSSR count). The summed E-state index contributed by atoms with van der Waals surface area (Å²) < 4.78 is 0.100. The first-order chi connectivity index (χ1) is 2.56. The van der Waals surface area contributed by atoms with Gasteiger partial charge in [0.1, 0.15) is 0 Å². The van der Waals surface area contributed by atoms with Crippen LogP contribution in [0, 0.1) is 0 Å². The second-order valence-electron chi connectivity index (χ2n) is 1.97. The normalized spacial score (nSPS) is 12.0. The molecule has 0 aliphatic carbocycles. The Morgan fingerprint density at radius 2 is 1.67 bits per heavy atom. The number of hydrogen-bond acceptors (Lipinski definition) is 2. The molecule has 38 valence electrons. The van der Waals surface area contributed by atoms with E-state index < -0.39 is 0 Å². The highest BCUT2D eigenvalue weighted by Crippen LogP contribution is 2.11. The lowest BCUT2D eigenvalue weighted by molar-refractivity contribution is 0.828. The lowest BCUT2D eigenvalue weighted by Gasteiger charge is -2.10. The third kappa shape index (κ3) is 4.70. The van der Waals surface area contributed by atoms with Crippen LogP contribution in [0.1, 0.15) is 13.8 Å². The molecule has 6 heavy (non-hydrogen) atoms. The molecule has 0 aromatic rings. The topological polar surface area (TPSA) is 0 Å². The lowest BCUT2D eigenvalue weighted by atomic mass is 10.2. The highest BCUT2D eigenvalue weighted by molar-refractivity contribution is 7.85. The fourth-order valence-electron chi connectivity index (χ4n) is 0. The molecule has 0 amide bonds. The second kappa shape index (κ2) is 2.12. The smallest absolute Gasteiger partial charge is 0.0161 e. The number of thiol groups is 2. The van der Waals surface area contributed by atoms with Crippen LogP contribution < -0.4 is 0 Å². The van der Waals surface area contributed by atoms with Gasteiger partial charge >= 0.3 is 0 Å². The third-order valence-corrected chi connectivity index (χ3v) is 1.59. The van der Waals surface area contributed by atoms with Gasteiger partial charge in [-0.1, -0.05) is 13.8 Å². The first-order valence-electron chi connectivity index (χ1n) is 1.89. The van der Waals surface area contributed by atoms with Crippen molar-refractivity contribution in [2.24, 2.45) is 0 Å². The zero-order chi connectivity index (χ0) is 5.21. The molecule has 0 aromatic carbocycles. The van der Waals surface area contributed by atoms with E-state index in [1.807, 2.05) is 13.8 Å². The molecule has 0 unspecified atom stereocenters. The first kappa shape index (κ1) is 6.70. The van der Waals surface area contributed by atoms with Gasteiger partial charge in [0, 0.05) is 10.5 Å². The van der Waals surface area contributed by atoms with Gasteiger partial charge in [-0.15, -0.1) is 0 Å². The largest absolute Gasteiger partial charge is 0.178 e. The van der Waals surface area contributed by atoms with Crippen LogP contribution in [-0.4, -0.2) is 10.5 Å². The Labute approximate surface area is 50.1 Å². The van der Waals surface area contributed by atoms with Crippen LogP contribution in [0.25, 0.3) is 0 Å². The molecule has 0 saturated heterocycles. The molecule has 0 aromatic heterocycles. The van der Waals surface area contributed by atoms with Crippen LogP contribution in [0.3, 0.4) is 0 Å². The minimum Gasteiger partial charge on any atom is -0.178 e. The van der Waals surface area contributed by atoms with Crippen LogP contribution in [-0.2, 0) is 0 Å². The predicted octanol–water partition coefficient (Wildman–Crippen LogP) is 1.62. The van der Waals surface area contributed by atoms with Gasteiger partial charge in [-0.2, -0.15) is 25.3 Å². The molecular weight excluding hydrogens is 112 g/mol. The minimum absolute atomic E-state index is 0.100. The van der Waals surface area contributed by atoms with Crippen molar-refractivity contribution < 1.29 is 0 Å². The van der Waals surface area contributed by atoms with Crippen LogP contribution in [0.4, 0.5) is 0 Å². The predicted molar refractivity (Wildman–Crippen MR) is 36.9 cm³/mol. The Hall–Kier alpha value is 0.700. The van der Waals surface area contributed by atoms with E-state index in [0.717, 1.165) is 5.75 Å². The molecule has 2 heteroatoms. The second-order valence-corrected chi connectivity index (χ2v) is 3.50. The van der Waals surface area contributed by atoms with Gasteiger partial charge in [0.15, 0.2) is 0 Å². The molecule has 0 atom stereocenters. The van der Waals surface area contributed by atoms with Crippen molar-refractivity contribution in [1.29, 1.82) is 0 Å². The van der Waals surface area contributed by atoms with E-state index in [4.69, 9.17) is 0 Å². The molecular formula is C4H10S2. The van der Waals surface area contributed by atoms with Crippen molar-refractivity contribution in [3.8, 4) is 0 Å². The van der Waals surface area contributed by atoms with Crippen molar-refractivity contribution in [2.45, 2.75) is 18.6 Å². The van der Waals surface area contributed by atoms with Gasteiger partial charge in [0.2, 0.25) is 0 Å². The van der Waals surface area contributed by atoms with Crippen molar-refractivity contribution in [3.63, 3.8) is 0 Å². The summed E-state index contributed by atoms with van der Waals surface area (Å²) in [5.41, 5.74) is 0. The Morgan fingerprint density at radius 1 is 1.50 bits per heavy atom. The van der Waals surface area contributed by atoms with E-state index in [0.29, 0.717) is 0 Å². The van der Waals surface area contributed by atoms with Gasteiger partial charge in [-0.05, 0) is 0 Å². The molecule has 0 heterocycles. The summed E-state index contributed by atoms with van der Waals surface area (Å²) in [7, 11) is 0. The fraction of sp³-hybridized carbons (Fsp3) is 1.00. The number of rotatable bonds is 1. The summed E-state index contributed by atoms with van der Waals surface area (Å²) in [6.07, 6.45) is 0. The SMILES string of the molecule is CC(C)(S)CS. The van der Waals surface area contributed by atoms with E-state index in [9.17, 15) is 0 Å². The molecule has 0 N–H and O–H groups in total. The third-order valence-electron chi connectivity index (χ3n) is 0.387.